The van der Waals surface area contributed by atoms with Crippen molar-refractivity contribution in [1.29, 1.82) is 0 Å². The zero-order valence-corrected chi connectivity index (χ0v) is 8.62. The van der Waals surface area contributed by atoms with Crippen LogP contribution in [0.3, 0.4) is 0 Å². The number of aliphatic hydroxyl groups excluding tert-OH is 1. The first-order chi connectivity index (χ1) is 7.25. The molecule has 0 radical (unpaired) electrons. The van der Waals surface area contributed by atoms with Crippen LogP contribution in [0.2, 0.25) is 0 Å². The van der Waals surface area contributed by atoms with E-state index < -0.39 is 0 Å². The summed E-state index contributed by atoms with van der Waals surface area (Å²) in [4.78, 5) is 0. The molecule has 3 heteroatoms. The molecule has 1 aliphatic carbocycles. The van der Waals surface area contributed by atoms with E-state index in [0.717, 1.165) is 24.8 Å². The van der Waals surface area contributed by atoms with Gasteiger partial charge in [-0.2, -0.15) is 0 Å². The van der Waals surface area contributed by atoms with E-state index in [4.69, 9.17) is 0 Å². The molecule has 2 nitrogen and oxygen atoms in total. The SMILES string of the molecule is O[C@@H]1CCC[C@H]1NCc1cccc(F)c1. The van der Waals surface area contributed by atoms with Gasteiger partial charge in [0.15, 0.2) is 0 Å². The van der Waals surface area contributed by atoms with Crippen LogP contribution in [-0.2, 0) is 6.54 Å². The number of rotatable bonds is 3. The Morgan fingerprint density at radius 1 is 1.40 bits per heavy atom. The minimum absolute atomic E-state index is 0.174. The lowest BCUT2D eigenvalue weighted by molar-refractivity contribution is 0.148. The summed E-state index contributed by atoms with van der Waals surface area (Å²) in [5.41, 5.74) is 0.925. The first-order valence-corrected chi connectivity index (χ1v) is 5.41. The molecular weight excluding hydrogens is 193 g/mol. The molecular formula is C12H16FNO. The number of halogens is 1. The van der Waals surface area contributed by atoms with Gasteiger partial charge in [-0.3, -0.25) is 0 Å². The summed E-state index contributed by atoms with van der Waals surface area (Å²) in [6.45, 7) is 0.624. The summed E-state index contributed by atoms with van der Waals surface area (Å²) in [5, 5.41) is 12.8. The highest BCUT2D eigenvalue weighted by atomic mass is 19.1. The molecule has 1 aromatic carbocycles. The van der Waals surface area contributed by atoms with Crippen LogP contribution in [0.1, 0.15) is 24.8 Å². The molecule has 82 valence electrons. The highest BCUT2D eigenvalue weighted by Gasteiger charge is 2.24. The zero-order valence-electron chi connectivity index (χ0n) is 8.62. The van der Waals surface area contributed by atoms with Crippen LogP contribution in [0, 0.1) is 5.82 Å². The van der Waals surface area contributed by atoms with Gasteiger partial charge in [0.1, 0.15) is 5.82 Å². The molecule has 0 unspecified atom stereocenters. The van der Waals surface area contributed by atoms with Crippen molar-refractivity contribution < 1.29 is 9.50 Å². The van der Waals surface area contributed by atoms with Crippen molar-refractivity contribution in [3.8, 4) is 0 Å². The van der Waals surface area contributed by atoms with Gasteiger partial charge in [-0.05, 0) is 37.0 Å². The Morgan fingerprint density at radius 2 is 2.27 bits per heavy atom. The Balaban J connectivity index is 1.87. The van der Waals surface area contributed by atoms with Crippen molar-refractivity contribution in [3.63, 3.8) is 0 Å². The molecule has 2 rings (SSSR count). The summed E-state index contributed by atoms with van der Waals surface area (Å²) in [7, 11) is 0. The lowest BCUT2D eigenvalue weighted by atomic mass is 10.1. The number of nitrogens with one attached hydrogen (secondary N) is 1. The standard InChI is InChI=1S/C12H16FNO/c13-10-4-1-3-9(7-10)8-14-11-5-2-6-12(11)15/h1,3-4,7,11-12,14-15H,2,5-6,8H2/t11-,12-/m1/s1. The van der Waals surface area contributed by atoms with E-state index in [1.165, 1.54) is 12.1 Å². The number of hydrogen-bond donors (Lipinski definition) is 2. The molecule has 0 spiro atoms. The van der Waals surface area contributed by atoms with Crippen molar-refractivity contribution in [2.45, 2.75) is 38.0 Å². The molecule has 1 saturated carbocycles. The monoisotopic (exact) mass is 209 g/mol. The molecule has 0 saturated heterocycles. The number of benzene rings is 1. The van der Waals surface area contributed by atoms with Gasteiger partial charge in [-0.25, -0.2) is 4.39 Å². The van der Waals surface area contributed by atoms with Crippen LogP contribution in [0.4, 0.5) is 4.39 Å². The highest BCUT2D eigenvalue weighted by Crippen LogP contribution is 2.19. The van der Waals surface area contributed by atoms with Crippen molar-refractivity contribution >= 4 is 0 Å². The quantitative estimate of drug-likeness (QED) is 0.796. The topological polar surface area (TPSA) is 32.3 Å². The predicted molar refractivity (Wildman–Crippen MR) is 56.9 cm³/mol. The molecule has 1 fully saturated rings. The molecule has 0 aromatic heterocycles. The van der Waals surface area contributed by atoms with Gasteiger partial charge in [0.25, 0.3) is 0 Å². The summed E-state index contributed by atoms with van der Waals surface area (Å²) in [6.07, 6.45) is 2.72. The Kier molecular flexibility index (Phi) is 3.34. The van der Waals surface area contributed by atoms with Crippen LogP contribution < -0.4 is 5.32 Å². The summed E-state index contributed by atoms with van der Waals surface area (Å²) < 4.78 is 12.9. The van der Waals surface area contributed by atoms with E-state index in [-0.39, 0.29) is 18.0 Å². The van der Waals surface area contributed by atoms with Crippen molar-refractivity contribution in [2.24, 2.45) is 0 Å². The summed E-state index contributed by atoms with van der Waals surface area (Å²) >= 11 is 0. The fraction of sp³-hybridized carbons (Fsp3) is 0.500. The summed E-state index contributed by atoms with van der Waals surface area (Å²) in [6, 6.07) is 6.73. The van der Waals surface area contributed by atoms with Gasteiger partial charge < -0.3 is 10.4 Å². The van der Waals surface area contributed by atoms with Gasteiger partial charge >= 0.3 is 0 Å². The minimum Gasteiger partial charge on any atom is -0.392 e. The smallest absolute Gasteiger partial charge is 0.123 e. The zero-order chi connectivity index (χ0) is 10.7. The largest absolute Gasteiger partial charge is 0.392 e. The maximum absolute atomic E-state index is 12.9. The van der Waals surface area contributed by atoms with Crippen molar-refractivity contribution in [3.05, 3.63) is 35.6 Å². The van der Waals surface area contributed by atoms with Crippen LogP contribution >= 0.6 is 0 Å². The van der Waals surface area contributed by atoms with Crippen LogP contribution in [0.25, 0.3) is 0 Å². The molecule has 2 N–H and O–H groups in total. The fourth-order valence-electron chi connectivity index (χ4n) is 2.07. The van der Waals surface area contributed by atoms with E-state index in [0.29, 0.717) is 6.54 Å². The predicted octanol–water partition coefficient (Wildman–Crippen LogP) is 1.83. The third-order valence-electron chi connectivity index (χ3n) is 2.94. The molecule has 0 aliphatic heterocycles. The highest BCUT2D eigenvalue weighted by molar-refractivity contribution is 5.16. The number of hydrogen-bond acceptors (Lipinski definition) is 2. The Morgan fingerprint density at radius 3 is 2.93 bits per heavy atom. The third-order valence-corrected chi connectivity index (χ3v) is 2.94. The van der Waals surface area contributed by atoms with E-state index in [1.54, 1.807) is 6.07 Å². The van der Waals surface area contributed by atoms with Crippen molar-refractivity contribution in [2.75, 3.05) is 0 Å². The molecule has 0 amide bonds. The van der Waals surface area contributed by atoms with Crippen molar-refractivity contribution in [1.82, 2.24) is 5.32 Å². The first-order valence-electron chi connectivity index (χ1n) is 5.41. The first kappa shape index (κ1) is 10.6. The normalized spacial score (nSPS) is 25.7. The van der Waals surface area contributed by atoms with E-state index in [9.17, 15) is 9.50 Å². The van der Waals surface area contributed by atoms with Gasteiger partial charge in [-0.15, -0.1) is 0 Å². The molecule has 2 atom stereocenters. The van der Waals surface area contributed by atoms with Gasteiger partial charge in [-0.1, -0.05) is 12.1 Å². The maximum Gasteiger partial charge on any atom is 0.123 e. The van der Waals surface area contributed by atoms with Gasteiger partial charge in [0.05, 0.1) is 6.10 Å². The van der Waals surface area contributed by atoms with E-state index >= 15 is 0 Å². The Labute approximate surface area is 89.1 Å². The lowest BCUT2D eigenvalue weighted by Gasteiger charge is -2.16. The maximum atomic E-state index is 12.9. The van der Waals surface area contributed by atoms with Crippen LogP contribution in [0.5, 0.6) is 0 Å². The van der Waals surface area contributed by atoms with E-state index in [1.807, 2.05) is 6.07 Å². The molecule has 0 bridgehead atoms. The van der Waals surface area contributed by atoms with Crippen LogP contribution in [0.15, 0.2) is 24.3 Å². The van der Waals surface area contributed by atoms with Crippen LogP contribution in [-0.4, -0.2) is 17.3 Å². The summed E-state index contributed by atoms with van der Waals surface area (Å²) in [5.74, 6) is -0.207. The Hall–Kier alpha value is -0.930. The second-order valence-electron chi connectivity index (χ2n) is 4.12. The lowest BCUT2D eigenvalue weighted by Crippen LogP contribution is -2.35. The van der Waals surface area contributed by atoms with E-state index in [2.05, 4.69) is 5.32 Å². The van der Waals surface area contributed by atoms with Gasteiger partial charge in [0.2, 0.25) is 0 Å². The molecule has 1 aliphatic rings. The van der Waals surface area contributed by atoms with Gasteiger partial charge in [0, 0.05) is 12.6 Å². The Bertz CT molecular complexity index is 329. The second kappa shape index (κ2) is 4.73. The fourth-order valence-corrected chi connectivity index (χ4v) is 2.07. The minimum atomic E-state index is -0.237. The molecule has 15 heavy (non-hydrogen) atoms. The second-order valence-corrected chi connectivity index (χ2v) is 4.12. The molecule has 0 heterocycles. The average molecular weight is 209 g/mol. The average Bonchev–Trinajstić information content (AvgIpc) is 2.61. The molecule has 1 aromatic rings. The third kappa shape index (κ3) is 2.76. The number of aliphatic hydroxyl groups is 1.